The molecule has 1 fully saturated rings. The summed E-state index contributed by atoms with van der Waals surface area (Å²) in [7, 11) is 0. The summed E-state index contributed by atoms with van der Waals surface area (Å²) in [5.74, 6) is 0.0132. The molecule has 104 valence electrons. The number of H-pyrrole nitrogens is 1. The number of hydrogen-bond donors (Lipinski definition) is 2. The van der Waals surface area contributed by atoms with Crippen LogP contribution in [-0.2, 0) is 6.54 Å². The van der Waals surface area contributed by atoms with Crippen LogP contribution in [0.4, 0.5) is 0 Å². The fourth-order valence-electron chi connectivity index (χ4n) is 1.87. The zero-order chi connectivity index (χ0) is 14.1. The highest BCUT2D eigenvalue weighted by molar-refractivity contribution is 5.93. The molecule has 1 saturated carbocycles. The van der Waals surface area contributed by atoms with Crippen molar-refractivity contribution in [2.24, 2.45) is 0 Å². The highest BCUT2D eigenvalue weighted by Gasteiger charge is 2.25. The number of hydrogen-bond acceptors (Lipinski definition) is 4. The average molecular weight is 275 g/mol. The topological polar surface area (TPSA) is 97.1 Å². The van der Waals surface area contributed by atoms with Crippen LogP contribution in [0, 0.1) is 0 Å². The third-order valence-electron chi connectivity index (χ3n) is 3.11. The molecule has 0 aliphatic heterocycles. The Kier molecular flexibility index (Phi) is 3.02. The third kappa shape index (κ3) is 2.42. The summed E-state index contributed by atoms with van der Waals surface area (Å²) in [6, 6.07) is 3.47. The van der Waals surface area contributed by atoms with Crippen molar-refractivity contribution in [2.45, 2.75) is 25.4 Å². The molecule has 0 saturated heterocycles. The second-order valence-electron chi connectivity index (χ2n) is 4.73. The van der Waals surface area contributed by atoms with Crippen LogP contribution in [0.5, 0.6) is 0 Å². The molecule has 1 aliphatic carbocycles. The summed E-state index contributed by atoms with van der Waals surface area (Å²) in [6.45, 7) is -0.00822. The molecule has 2 aromatic heterocycles. The molecule has 2 heterocycles. The molecular formula is C13H13N3O4. The number of carbonyl (C=O) groups is 1. The van der Waals surface area contributed by atoms with Crippen molar-refractivity contribution in [3.05, 3.63) is 56.8 Å². The molecule has 0 atom stereocenters. The van der Waals surface area contributed by atoms with E-state index in [9.17, 15) is 14.4 Å². The first kappa shape index (κ1) is 12.5. The van der Waals surface area contributed by atoms with Crippen molar-refractivity contribution in [1.29, 1.82) is 0 Å². The first-order chi connectivity index (χ1) is 9.65. The van der Waals surface area contributed by atoms with E-state index in [2.05, 4.69) is 10.3 Å². The molecule has 20 heavy (non-hydrogen) atoms. The van der Waals surface area contributed by atoms with Crippen LogP contribution in [0.2, 0.25) is 0 Å². The van der Waals surface area contributed by atoms with Crippen molar-refractivity contribution >= 4 is 5.91 Å². The van der Waals surface area contributed by atoms with E-state index in [4.69, 9.17) is 4.42 Å². The van der Waals surface area contributed by atoms with Gasteiger partial charge in [-0.1, -0.05) is 0 Å². The number of amides is 1. The lowest BCUT2D eigenvalue weighted by Gasteiger charge is -2.06. The second kappa shape index (κ2) is 4.84. The van der Waals surface area contributed by atoms with Gasteiger partial charge < -0.3 is 14.7 Å². The Labute approximate surface area is 113 Å². The van der Waals surface area contributed by atoms with E-state index in [1.165, 1.54) is 6.26 Å². The van der Waals surface area contributed by atoms with Crippen LogP contribution in [0.25, 0.3) is 0 Å². The van der Waals surface area contributed by atoms with Crippen molar-refractivity contribution in [1.82, 2.24) is 14.9 Å². The largest absolute Gasteiger partial charge is 0.467 e. The monoisotopic (exact) mass is 275 g/mol. The molecule has 2 N–H and O–H groups in total. The maximum Gasteiger partial charge on any atom is 0.328 e. The van der Waals surface area contributed by atoms with Crippen molar-refractivity contribution in [3.8, 4) is 0 Å². The smallest absolute Gasteiger partial charge is 0.328 e. The van der Waals surface area contributed by atoms with E-state index in [-0.39, 0.29) is 18.2 Å². The SMILES string of the molecule is O=C(NC1CC1)c1c[nH]c(=O)n(Cc2ccco2)c1=O. The molecule has 0 spiro atoms. The molecular weight excluding hydrogens is 262 g/mol. The summed E-state index contributed by atoms with van der Waals surface area (Å²) in [5.41, 5.74) is -1.26. The standard InChI is InChI=1S/C13H13N3O4/c17-11(15-8-3-4-8)10-6-14-13(19)16(12(10)18)7-9-2-1-5-20-9/h1-2,5-6,8H,3-4,7H2,(H,14,19)(H,15,17). The van der Waals surface area contributed by atoms with E-state index < -0.39 is 17.2 Å². The predicted octanol–water partition coefficient (Wildman–Crippen LogP) is 0.0701. The number of aromatic amines is 1. The van der Waals surface area contributed by atoms with Gasteiger partial charge >= 0.3 is 5.69 Å². The second-order valence-corrected chi connectivity index (χ2v) is 4.73. The number of furan rings is 1. The van der Waals surface area contributed by atoms with E-state index >= 15 is 0 Å². The van der Waals surface area contributed by atoms with Crippen LogP contribution in [0.3, 0.4) is 0 Å². The third-order valence-corrected chi connectivity index (χ3v) is 3.11. The number of aromatic nitrogens is 2. The van der Waals surface area contributed by atoms with Crippen molar-refractivity contribution < 1.29 is 9.21 Å². The van der Waals surface area contributed by atoms with E-state index in [0.29, 0.717) is 5.76 Å². The highest BCUT2D eigenvalue weighted by atomic mass is 16.3. The van der Waals surface area contributed by atoms with Gasteiger partial charge in [-0.05, 0) is 25.0 Å². The molecule has 0 bridgehead atoms. The maximum atomic E-state index is 12.2. The Morgan fingerprint density at radius 3 is 2.90 bits per heavy atom. The van der Waals surface area contributed by atoms with Gasteiger partial charge in [-0.3, -0.25) is 14.2 Å². The van der Waals surface area contributed by atoms with Crippen molar-refractivity contribution in [2.75, 3.05) is 0 Å². The molecule has 0 unspecified atom stereocenters. The lowest BCUT2D eigenvalue weighted by atomic mass is 10.3. The van der Waals surface area contributed by atoms with Gasteiger partial charge in [0.15, 0.2) is 0 Å². The van der Waals surface area contributed by atoms with Crippen LogP contribution in [0.15, 0.2) is 38.6 Å². The zero-order valence-corrected chi connectivity index (χ0v) is 10.6. The van der Waals surface area contributed by atoms with Gasteiger partial charge in [-0.2, -0.15) is 0 Å². The van der Waals surface area contributed by atoms with Gasteiger partial charge in [0.1, 0.15) is 11.3 Å². The lowest BCUT2D eigenvalue weighted by molar-refractivity contribution is 0.0948. The average Bonchev–Trinajstić information content (AvgIpc) is 3.07. The van der Waals surface area contributed by atoms with E-state index in [1.807, 2.05) is 0 Å². The fraction of sp³-hybridized carbons (Fsp3) is 0.308. The number of carbonyl (C=O) groups excluding carboxylic acids is 1. The summed E-state index contributed by atoms with van der Waals surface area (Å²) < 4.78 is 6.05. The minimum Gasteiger partial charge on any atom is -0.467 e. The predicted molar refractivity (Wildman–Crippen MR) is 69.6 cm³/mol. The van der Waals surface area contributed by atoms with Crippen LogP contribution in [0.1, 0.15) is 29.0 Å². The number of nitrogens with one attached hydrogen (secondary N) is 2. The Morgan fingerprint density at radius 2 is 2.25 bits per heavy atom. The number of nitrogens with zero attached hydrogens (tertiary/aromatic N) is 1. The summed E-state index contributed by atoms with van der Waals surface area (Å²) in [6.07, 6.45) is 4.46. The normalized spacial score (nSPS) is 14.2. The molecule has 3 rings (SSSR count). The van der Waals surface area contributed by atoms with Crippen molar-refractivity contribution in [3.63, 3.8) is 0 Å². The first-order valence-corrected chi connectivity index (χ1v) is 6.31. The Morgan fingerprint density at radius 1 is 1.45 bits per heavy atom. The van der Waals surface area contributed by atoms with Gasteiger partial charge in [0, 0.05) is 12.2 Å². The molecule has 7 nitrogen and oxygen atoms in total. The minimum atomic E-state index is -0.622. The first-order valence-electron chi connectivity index (χ1n) is 6.31. The quantitative estimate of drug-likeness (QED) is 0.825. The molecule has 0 aromatic carbocycles. The number of rotatable bonds is 4. The Balaban J connectivity index is 1.94. The Hall–Kier alpha value is -2.57. The van der Waals surface area contributed by atoms with Crippen LogP contribution >= 0.6 is 0 Å². The van der Waals surface area contributed by atoms with E-state index in [0.717, 1.165) is 23.6 Å². The van der Waals surface area contributed by atoms with Gasteiger partial charge in [-0.25, -0.2) is 4.79 Å². The molecule has 0 radical (unpaired) electrons. The summed E-state index contributed by atoms with van der Waals surface area (Å²) in [4.78, 5) is 38.2. The van der Waals surface area contributed by atoms with Gasteiger partial charge in [0.05, 0.1) is 12.8 Å². The molecule has 1 aliphatic rings. The fourth-order valence-corrected chi connectivity index (χ4v) is 1.87. The summed E-state index contributed by atoms with van der Waals surface area (Å²) in [5, 5.41) is 2.72. The van der Waals surface area contributed by atoms with E-state index in [1.54, 1.807) is 12.1 Å². The molecule has 1 amide bonds. The zero-order valence-electron chi connectivity index (χ0n) is 10.6. The Bertz CT molecular complexity index is 738. The summed E-state index contributed by atoms with van der Waals surface area (Å²) >= 11 is 0. The molecule has 2 aromatic rings. The maximum absolute atomic E-state index is 12.2. The van der Waals surface area contributed by atoms with Gasteiger partial charge in [0.2, 0.25) is 0 Å². The van der Waals surface area contributed by atoms with Gasteiger partial charge in [0.25, 0.3) is 11.5 Å². The van der Waals surface area contributed by atoms with Crippen LogP contribution < -0.4 is 16.6 Å². The minimum absolute atomic E-state index is 0.00822. The lowest BCUT2D eigenvalue weighted by Crippen LogP contribution is -2.41. The highest BCUT2D eigenvalue weighted by Crippen LogP contribution is 2.18. The van der Waals surface area contributed by atoms with Crippen LogP contribution in [-0.4, -0.2) is 21.5 Å². The van der Waals surface area contributed by atoms with Gasteiger partial charge in [-0.15, -0.1) is 0 Å². The molecule has 7 heteroatoms.